The van der Waals surface area contributed by atoms with Gasteiger partial charge in [0.1, 0.15) is 11.5 Å². The molecular formula is C27H30N2O5. The number of amides is 1. The van der Waals surface area contributed by atoms with Crippen molar-refractivity contribution in [3.8, 4) is 5.75 Å². The van der Waals surface area contributed by atoms with E-state index in [4.69, 9.17) is 9.47 Å². The molecule has 0 aliphatic carbocycles. The van der Waals surface area contributed by atoms with Gasteiger partial charge in [0, 0.05) is 48.5 Å². The van der Waals surface area contributed by atoms with Gasteiger partial charge in [-0.2, -0.15) is 0 Å². The van der Waals surface area contributed by atoms with Crippen LogP contribution in [-0.2, 0) is 14.3 Å². The fraction of sp³-hybridized carbons (Fsp3) is 0.333. The number of methoxy groups -OCH3 is 1. The lowest BCUT2D eigenvalue weighted by Gasteiger charge is -2.25. The summed E-state index contributed by atoms with van der Waals surface area (Å²) in [6.07, 6.45) is 3.27. The largest absolute Gasteiger partial charge is 0.507 e. The number of rotatable bonds is 9. The smallest absolute Gasteiger partial charge is 0.295 e. The van der Waals surface area contributed by atoms with E-state index in [1.807, 2.05) is 44.3 Å². The molecule has 0 bridgehead atoms. The maximum Gasteiger partial charge on any atom is 0.295 e. The number of aromatic amines is 1. The van der Waals surface area contributed by atoms with E-state index in [2.05, 4.69) is 4.98 Å². The number of likely N-dealkylation sites (tertiary alicyclic amines) is 1. The average molecular weight is 463 g/mol. The minimum absolute atomic E-state index is 0.0915. The van der Waals surface area contributed by atoms with Crippen LogP contribution in [0, 0.1) is 6.92 Å². The zero-order chi connectivity index (χ0) is 24.2. The van der Waals surface area contributed by atoms with Crippen LogP contribution in [-0.4, -0.2) is 53.5 Å². The predicted octanol–water partition coefficient (Wildman–Crippen LogP) is 4.72. The summed E-state index contributed by atoms with van der Waals surface area (Å²) in [6, 6.07) is 12.3. The van der Waals surface area contributed by atoms with Gasteiger partial charge in [0.25, 0.3) is 11.7 Å². The molecule has 1 aliphatic rings. The standard InChI is InChI=1S/C27H30N2O5/c1-4-13-34-22-11-10-18(15-17(22)2)25(30)23-24(20-16-28-21-9-6-5-8-19(20)21)29(12-7-14-33-3)27(32)26(23)31/h5-6,8-11,15-16,24,28,30H,4,7,12-14H2,1-3H3/b25-23+. The van der Waals surface area contributed by atoms with Crippen LogP contribution in [0.2, 0.25) is 0 Å². The Morgan fingerprint density at radius 1 is 1.15 bits per heavy atom. The highest BCUT2D eigenvalue weighted by Crippen LogP contribution is 2.42. The number of ketones is 1. The van der Waals surface area contributed by atoms with Gasteiger partial charge in [0.15, 0.2) is 0 Å². The highest BCUT2D eigenvalue weighted by molar-refractivity contribution is 6.46. The summed E-state index contributed by atoms with van der Waals surface area (Å²) in [5.41, 5.74) is 3.08. The molecule has 1 fully saturated rings. The van der Waals surface area contributed by atoms with Crippen LogP contribution in [0.15, 0.2) is 54.2 Å². The Hall–Kier alpha value is -3.58. The first-order valence-electron chi connectivity index (χ1n) is 11.5. The van der Waals surface area contributed by atoms with Gasteiger partial charge in [-0.3, -0.25) is 9.59 Å². The fourth-order valence-electron chi connectivity index (χ4n) is 4.46. The Bertz CT molecular complexity index is 1240. The zero-order valence-corrected chi connectivity index (χ0v) is 19.8. The average Bonchev–Trinajstić information content (AvgIpc) is 3.37. The van der Waals surface area contributed by atoms with Gasteiger partial charge in [-0.05, 0) is 49.6 Å². The van der Waals surface area contributed by atoms with E-state index in [-0.39, 0.29) is 11.3 Å². The van der Waals surface area contributed by atoms with Crippen molar-refractivity contribution in [3.05, 3.63) is 70.9 Å². The summed E-state index contributed by atoms with van der Waals surface area (Å²) in [6.45, 7) is 5.32. The lowest BCUT2D eigenvalue weighted by atomic mass is 9.94. The van der Waals surface area contributed by atoms with Crippen LogP contribution in [0.1, 0.15) is 42.5 Å². The summed E-state index contributed by atoms with van der Waals surface area (Å²) >= 11 is 0. The number of nitrogens with zero attached hydrogens (tertiary/aromatic N) is 1. The number of carbonyl (C=O) groups is 2. The topological polar surface area (TPSA) is 91.9 Å². The molecule has 0 spiro atoms. The van der Waals surface area contributed by atoms with Crippen LogP contribution in [0.3, 0.4) is 0 Å². The molecule has 1 unspecified atom stereocenters. The SMILES string of the molecule is CCCOc1ccc(/C(O)=C2\C(=O)C(=O)N(CCCOC)C2c2c[nH]c3ccccc23)cc1C. The Morgan fingerprint density at radius 2 is 1.94 bits per heavy atom. The maximum absolute atomic E-state index is 13.2. The monoisotopic (exact) mass is 462 g/mol. The number of aryl methyl sites for hydroxylation is 1. The van der Waals surface area contributed by atoms with Crippen LogP contribution < -0.4 is 4.74 Å². The number of aromatic nitrogens is 1. The first-order chi connectivity index (χ1) is 16.5. The second-order valence-corrected chi connectivity index (χ2v) is 8.46. The summed E-state index contributed by atoms with van der Waals surface area (Å²) in [7, 11) is 1.60. The van der Waals surface area contributed by atoms with Crippen LogP contribution in [0.4, 0.5) is 0 Å². The number of aliphatic hydroxyl groups excluding tert-OH is 1. The van der Waals surface area contributed by atoms with Gasteiger partial charge in [-0.15, -0.1) is 0 Å². The van der Waals surface area contributed by atoms with Crippen LogP contribution >= 0.6 is 0 Å². The van der Waals surface area contributed by atoms with Crippen LogP contribution in [0.5, 0.6) is 5.75 Å². The number of carbonyl (C=O) groups excluding carboxylic acids is 2. The molecule has 1 amide bonds. The minimum atomic E-state index is -0.704. The molecule has 7 nitrogen and oxygen atoms in total. The lowest BCUT2D eigenvalue weighted by Crippen LogP contribution is -2.31. The molecule has 1 aromatic heterocycles. The first kappa shape index (κ1) is 23.6. The van der Waals surface area contributed by atoms with Gasteiger partial charge in [-0.1, -0.05) is 25.1 Å². The molecule has 1 saturated heterocycles. The van der Waals surface area contributed by atoms with Crippen molar-refractivity contribution in [2.45, 2.75) is 32.7 Å². The van der Waals surface area contributed by atoms with Crippen molar-refractivity contribution in [2.24, 2.45) is 0 Å². The first-order valence-corrected chi connectivity index (χ1v) is 11.5. The van der Waals surface area contributed by atoms with E-state index < -0.39 is 17.7 Å². The van der Waals surface area contributed by atoms with Crippen molar-refractivity contribution >= 4 is 28.4 Å². The van der Waals surface area contributed by atoms with Crippen molar-refractivity contribution in [1.82, 2.24) is 9.88 Å². The van der Waals surface area contributed by atoms with Crippen molar-refractivity contribution < 1.29 is 24.2 Å². The van der Waals surface area contributed by atoms with Crippen molar-refractivity contribution in [1.29, 1.82) is 0 Å². The third-order valence-electron chi connectivity index (χ3n) is 6.11. The number of hydrogen-bond donors (Lipinski definition) is 2. The summed E-state index contributed by atoms with van der Waals surface area (Å²) in [4.78, 5) is 31.1. The van der Waals surface area contributed by atoms with Gasteiger partial charge in [-0.25, -0.2) is 0 Å². The summed E-state index contributed by atoms with van der Waals surface area (Å²) in [5.74, 6) is -0.763. The van der Waals surface area contributed by atoms with Gasteiger partial charge >= 0.3 is 0 Å². The summed E-state index contributed by atoms with van der Waals surface area (Å²) in [5, 5.41) is 12.2. The normalized spacial score (nSPS) is 17.6. The number of ether oxygens (including phenoxy) is 2. The molecule has 3 aromatic rings. The van der Waals surface area contributed by atoms with E-state index in [0.29, 0.717) is 31.7 Å². The number of H-pyrrole nitrogens is 1. The molecule has 0 radical (unpaired) electrons. The number of fused-ring (bicyclic) bond motifs is 1. The molecule has 2 N–H and O–H groups in total. The molecule has 0 saturated carbocycles. The van der Waals surface area contributed by atoms with Crippen molar-refractivity contribution in [2.75, 3.05) is 26.9 Å². The second-order valence-electron chi connectivity index (χ2n) is 8.46. The Morgan fingerprint density at radius 3 is 2.68 bits per heavy atom. The van der Waals surface area contributed by atoms with Gasteiger partial charge < -0.3 is 24.5 Å². The van der Waals surface area contributed by atoms with Crippen LogP contribution in [0.25, 0.3) is 16.7 Å². The molecule has 178 valence electrons. The number of Topliss-reactive ketones (excluding diaryl/α,β-unsaturated/α-hetero) is 1. The highest BCUT2D eigenvalue weighted by atomic mass is 16.5. The quantitative estimate of drug-likeness (QED) is 0.208. The third kappa shape index (κ3) is 4.31. The summed E-state index contributed by atoms with van der Waals surface area (Å²) < 4.78 is 10.9. The number of para-hydroxylation sites is 1. The van der Waals surface area contributed by atoms with E-state index in [0.717, 1.165) is 34.2 Å². The van der Waals surface area contributed by atoms with E-state index >= 15 is 0 Å². The second kappa shape index (κ2) is 10.1. The number of nitrogens with one attached hydrogen (secondary N) is 1. The number of benzene rings is 2. The molecule has 4 rings (SSSR count). The highest BCUT2D eigenvalue weighted by Gasteiger charge is 2.46. The molecule has 1 aliphatic heterocycles. The molecule has 7 heteroatoms. The lowest BCUT2D eigenvalue weighted by molar-refractivity contribution is -0.140. The number of aliphatic hydroxyl groups is 1. The third-order valence-corrected chi connectivity index (χ3v) is 6.11. The van der Waals surface area contributed by atoms with Gasteiger partial charge in [0.2, 0.25) is 0 Å². The fourth-order valence-corrected chi connectivity index (χ4v) is 4.46. The Balaban J connectivity index is 1.83. The van der Waals surface area contributed by atoms with Crippen molar-refractivity contribution in [3.63, 3.8) is 0 Å². The number of hydrogen-bond acceptors (Lipinski definition) is 5. The maximum atomic E-state index is 13.2. The molecule has 2 heterocycles. The Kier molecular flexibility index (Phi) is 7.03. The van der Waals surface area contributed by atoms with E-state index in [1.165, 1.54) is 4.90 Å². The molecule has 34 heavy (non-hydrogen) atoms. The molecule has 1 atom stereocenters. The molecule has 2 aromatic carbocycles. The molecular weight excluding hydrogens is 432 g/mol. The Labute approximate surface area is 199 Å². The predicted molar refractivity (Wildman–Crippen MR) is 131 cm³/mol. The zero-order valence-electron chi connectivity index (χ0n) is 19.8. The van der Waals surface area contributed by atoms with E-state index in [9.17, 15) is 14.7 Å². The van der Waals surface area contributed by atoms with Gasteiger partial charge in [0.05, 0.1) is 18.2 Å². The minimum Gasteiger partial charge on any atom is -0.507 e. The van der Waals surface area contributed by atoms with E-state index in [1.54, 1.807) is 25.3 Å².